The van der Waals surface area contributed by atoms with E-state index in [1.807, 2.05) is 12.1 Å². The highest BCUT2D eigenvalue weighted by molar-refractivity contribution is 5.88. The van der Waals surface area contributed by atoms with Crippen LogP contribution in [0.3, 0.4) is 0 Å². The second-order valence-electron chi connectivity index (χ2n) is 5.73. The van der Waals surface area contributed by atoms with Gasteiger partial charge in [0.1, 0.15) is 5.75 Å². The summed E-state index contributed by atoms with van der Waals surface area (Å²) >= 11 is 0. The lowest BCUT2D eigenvalue weighted by Gasteiger charge is -2.37. The Hall–Kier alpha value is -1.50. The van der Waals surface area contributed by atoms with Crippen molar-refractivity contribution in [3.63, 3.8) is 0 Å². The monoisotopic (exact) mass is 256 g/mol. The molecule has 1 nitrogen and oxygen atoms in total. The van der Waals surface area contributed by atoms with E-state index in [1.165, 1.54) is 16.3 Å². The third-order valence-electron chi connectivity index (χ3n) is 4.77. The van der Waals surface area contributed by atoms with E-state index in [0.717, 1.165) is 12.8 Å². The van der Waals surface area contributed by atoms with Crippen LogP contribution in [0.4, 0.5) is 0 Å². The highest BCUT2D eigenvalue weighted by atomic mass is 16.3. The van der Waals surface area contributed by atoms with Gasteiger partial charge >= 0.3 is 0 Å². The maximum absolute atomic E-state index is 9.80. The molecule has 102 valence electrons. The van der Waals surface area contributed by atoms with Gasteiger partial charge in [0, 0.05) is 0 Å². The SMILES string of the molecule is CCC(CC)(c1cccc2ccc(O)cc12)C(C)C. The van der Waals surface area contributed by atoms with Crippen LogP contribution < -0.4 is 0 Å². The zero-order chi connectivity index (χ0) is 14.0. The molecule has 2 aromatic carbocycles. The second-order valence-corrected chi connectivity index (χ2v) is 5.73. The van der Waals surface area contributed by atoms with E-state index in [9.17, 15) is 5.11 Å². The molecule has 0 unspecified atom stereocenters. The number of benzene rings is 2. The first-order valence-electron chi connectivity index (χ1n) is 7.27. The van der Waals surface area contributed by atoms with Gasteiger partial charge in [-0.1, -0.05) is 52.0 Å². The second kappa shape index (κ2) is 5.24. The molecule has 0 aliphatic carbocycles. The van der Waals surface area contributed by atoms with Gasteiger partial charge in [0.15, 0.2) is 0 Å². The average Bonchev–Trinajstić information content (AvgIpc) is 2.40. The van der Waals surface area contributed by atoms with Crippen molar-refractivity contribution in [2.24, 2.45) is 5.92 Å². The number of phenols is 1. The van der Waals surface area contributed by atoms with Crippen LogP contribution >= 0.6 is 0 Å². The van der Waals surface area contributed by atoms with Crippen molar-refractivity contribution < 1.29 is 5.11 Å². The van der Waals surface area contributed by atoms with E-state index in [1.54, 1.807) is 6.07 Å². The zero-order valence-electron chi connectivity index (χ0n) is 12.4. The first kappa shape index (κ1) is 13.9. The van der Waals surface area contributed by atoms with Gasteiger partial charge in [-0.05, 0) is 52.6 Å². The van der Waals surface area contributed by atoms with Gasteiger partial charge in [0.25, 0.3) is 0 Å². The Labute approximate surface area is 116 Å². The van der Waals surface area contributed by atoms with Crippen molar-refractivity contribution in [2.45, 2.75) is 46.0 Å². The fourth-order valence-electron chi connectivity index (χ4n) is 3.45. The molecule has 2 aromatic rings. The average molecular weight is 256 g/mol. The molecule has 19 heavy (non-hydrogen) atoms. The topological polar surface area (TPSA) is 20.2 Å². The minimum Gasteiger partial charge on any atom is -0.508 e. The summed E-state index contributed by atoms with van der Waals surface area (Å²) in [6.07, 6.45) is 2.24. The summed E-state index contributed by atoms with van der Waals surface area (Å²) in [5, 5.41) is 12.2. The van der Waals surface area contributed by atoms with Crippen molar-refractivity contribution in [3.8, 4) is 5.75 Å². The quantitative estimate of drug-likeness (QED) is 0.791. The Morgan fingerprint density at radius 3 is 2.32 bits per heavy atom. The van der Waals surface area contributed by atoms with Crippen molar-refractivity contribution in [1.82, 2.24) is 0 Å². The van der Waals surface area contributed by atoms with Crippen LogP contribution in [0.25, 0.3) is 10.8 Å². The Bertz CT molecular complexity index is 565. The van der Waals surface area contributed by atoms with E-state index in [0.29, 0.717) is 11.7 Å². The number of fused-ring (bicyclic) bond motifs is 1. The van der Waals surface area contributed by atoms with E-state index >= 15 is 0 Å². The molecule has 0 atom stereocenters. The summed E-state index contributed by atoms with van der Waals surface area (Å²) in [5.41, 5.74) is 1.56. The first-order valence-corrected chi connectivity index (χ1v) is 7.27. The normalized spacial score (nSPS) is 12.3. The van der Waals surface area contributed by atoms with E-state index in [2.05, 4.69) is 45.9 Å². The molecule has 0 aromatic heterocycles. The van der Waals surface area contributed by atoms with Crippen molar-refractivity contribution in [1.29, 1.82) is 0 Å². The van der Waals surface area contributed by atoms with Crippen molar-refractivity contribution in [3.05, 3.63) is 42.0 Å². The molecule has 0 spiro atoms. The van der Waals surface area contributed by atoms with Crippen LogP contribution in [0, 0.1) is 5.92 Å². The predicted octanol–water partition coefficient (Wildman–Crippen LogP) is 5.26. The van der Waals surface area contributed by atoms with Gasteiger partial charge in [-0.3, -0.25) is 0 Å². The number of aromatic hydroxyl groups is 1. The molecule has 0 radical (unpaired) electrons. The fourth-order valence-corrected chi connectivity index (χ4v) is 3.45. The van der Waals surface area contributed by atoms with Gasteiger partial charge in [-0.2, -0.15) is 0 Å². The van der Waals surface area contributed by atoms with Crippen LogP contribution in [0.2, 0.25) is 0 Å². The first-order chi connectivity index (χ1) is 9.05. The molecule has 0 saturated carbocycles. The minimum atomic E-state index is 0.188. The summed E-state index contributed by atoms with van der Waals surface area (Å²) in [6.45, 7) is 9.14. The molecular formula is C18H24O. The maximum Gasteiger partial charge on any atom is 0.116 e. The Balaban J connectivity index is 2.76. The maximum atomic E-state index is 9.80. The zero-order valence-corrected chi connectivity index (χ0v) is 12.4. The van der Waals surface area contributed by atoms with Crippen LogP contribution in [0.5, 0.6) is 5.75 Å². The molecule has 0 aliphatic heterocycles. The van der Waals surface area contributed by atoms with E-state index in [4.69, 9.17) is 0 Å². The Morgan fingerprint density at radius 2 is 1.74 bits per heavy atom. The van der Waals surface area contributed by atoms with Crippen molar-refractivity contribution in [2.75, 3.05) is 0 Å². The molecule has 1 heteroatoms. The molecule has 0 bridgehead atoms. The van der Waals surface area contributed by atoms with Crippen molar-refractivity contribution >= 4 is 10.8 Å². The number of phenolic OH excluding ortho intramolecular Hbond substituents is 1. The molecule has 0 amide bonds. The lowest BCUT2D eigenvalue weighted by molar-refractivity contribution is 0.286. The van der Waals surface area contributed by atoms with Gasteiger partial charge in [0.2, 0.25) is 0 Å². The van der Waals surface area contributed by atoms with Gasteiger partial charge in [-0.15, -0.1) is 0 Å². The summed E-state index contributed by atoms with van der Waals surface area (Å²) in [5.74, 6) is 0.931. The lowest BCUT2D eigenvalue weighted by atomic mass is 9.67. The Kier molecular flexibility index (Phi) is 3.84. The van der Waals surface area contributed by atoms with E-state index in [-0.39, 0.29) is 5.41 Å². The third-order valence-corrected chi connectivity index (χ3v) is 4.77. The smallest absolute Gasteiger partial charge is 0.116 e. The Morgan fingerprint density at radius 1 is 1.05 bits per heavy atom. The summed E-state index contributed by atoms with van der Waals surface area (Å²) < 4.78 is 0. The molecule has 1 N–H and O–H groups in total. The molecule has 0 fully saturated rings. The standard InChI is InChI=1S/C18H24O/c1-5-18(6-2,13(3)4)17-9-7-8-14-10-11-15(19)12-16(14)17/h7-13,19H,5-6H2,1-4H3. The van der Waals surface area contributed by atoms with Gasteiger partial charge in [-0.25, -0.2) is 0 Å². The number of hydrogen-bond donors (Lipinski definition) is 1. The minimum absolute atomic E-state index is 0.188. The van der Waals surface area contributed by atoms with Gasteiger partial charge in [0.05, 0.1) is 0 Å². The molecule has 0 heterocycles. The summed E-state index contributed by atoms with van der Waals surface area (Å²) in [7, 11) is 0. The highest BCUT2D eigenvalue weighted by Crippen LogP contribution is 2.42. The van der Waals surface area contributed by atoms with Crippen LogP contribution in [-0.4, -0.2) is 5.11 Å². The summed E-state index contributed by atoms with van der Waals surface area (Å²) in [6, 6.07) is 12.2. The largest absolute Gasteiger partial charge is 0.508 e. The van der Waals surface area contributed by atoms with Crippen LogP contribution in [0.15, 0.2) is 36.4 Å². The van der Waals surface area contributed by atoms with Crippen LogP contribution in [-0.2, 0) is 5.41 Å². The fraction of sp³-hybridized carbons (Fsp3) is 0.444. The molecular weight excluding hydrogens is 232 g/mol. The molecule has 0 saturated heterocycles. The van der Waals surface area contributed by atoms with Crippen LogP contribution in [0.1, 0.15) is 46.1 Å². The molecule has 0 aliphatic rings. The van der Waals surface area contributed by atoms with E-state index < -0.39 is 0 Å². The highest BCUT2D eigenvalue weighted by Gasteiger charge is 2.33. The molecule has 2 rings (SSSR count). The number of rotatable bonds is 4. The summed E-state index contributed by atoms with van der Waals surface area (Å²) in [4.78, 5) is 0. The lowest BCUT2D eigenvalue weighted by Crippen LogP contribution is -2.31. The predicted molar refractivity (Wildman–Crippen MR) is 82.7 cm³/mol. The number of hydrogen-bond acceptors (Lipinski definition) is 1. The third kappa shape index (κ3) is 2.22. The van der Waals surface area contributed by atoms with Gasteiger partial charge < -0.3 is 5.11 Å².